The van der Waals surface area contributed by atoms with Crippen molar-refractivity contribution < 1.29 is 9.59 Å². The van der Waals surface area contributed by atoms with Gasteiger partial charge in [0.05, 0.1) is 11.4 Å². The van der Waals surface area contributed by atoms with Crippen LogP contribution >= 0.6 is 11.6 Å². The summed E-state index contributed by atoms with van der Waals surface area (Å²) in [7, 11) is 0. The van der Waals surface area contributed by atoms with Crippen LogP contribution in [0, 0.1) is 6.92 Å². The number of nitrogens with zero attached hydrogens (tertiary/aromatic N) is 2. The van der Waals surface area contributed by atoms with Crippen molar-refractivity contribution in [2.45, 2.75) is 25.8 Å². The van der Waals surface area contributed by atoms with Crippen LogP contribution in [0.4, 0.5) is 5.82 Å². The molecule has 1 fully saturated rings. The second-order valence-electron chi connectivity index (χ2n) is 7.25. The Balaban J connectivity index is 1.42. The van der Waals surface area contributed by atoms with E-state index in [4.69, 9.17) is 11.6 Å². The van der Waals surface area contributed by atoms with Crippen molar-refractivity contribution in [3.05, 3.63) is 82.5 Å². The molecule has 0 aliphatic heterocycles. The van der Waals surface area contributed by atoms with Gasteiger partial charge in [-0.1, -0.05) is 29.8 Å². The molecule has 0 unspecified atom stereocenters. The van der Waals surface area contributed by atoms with Crippen LogP contribution < -0.4 is 10.6 Å². The van der Waals surface area contributed by atoms with Crippen LogP contribution in [0.15, 0.2) is 60.7 Å². The van der Waals surface area contributed by atoms with Crippen molar-refractivity contribution in [2.24, 2.45) is 0 Å². The molecule has 1 heterocycles. The van der Waals surface area contributed by atoms with Gasteiger partial charge in [0, 0.05) is 28.8 Å². The van der Waals surface area contributed by atoms with Gasteiger partial charge in [-0.3, -0.25) is 9.59 Å². The van der Waals surface area contributed by atoms with Crippen molar-refractivity contribution in [3.8, 4) is 5.69 Å². The van der Waals surface area contributed by atoms with Gasteiger partial charge in [-0.15, -0.1) is 0 Å². The van der Waals surface area contributed by atoms with Gasteiger partial charge in [0.25, 0.3) is 5.91 Å². The Bertz CT molecular complexity index is 1110. The van der Waals surface area contributed by atoms with Crippen LogP contribution in [-0.2, 0) is 4.79 Å². The number of nitrogens with one attached hydrogen (secondary N) is 2. The van der Waals surface area contributed by atoms with Crippen LogP contribution in [0.3, 0.4) is 0 Å². The van der Waals surface area contributed by atoms with E-state index < -0.39 is 0 Å². The number of amides is 2. The Morgan fingerprint density at radius 1 is 1.13 bits per heavy atom. The van der Waals surface area contributed by atoms with E-state index in [1.54, 1.807) is 41.1 Å². The van der Waals surface area contributed by atoms with Gasteiger partial charge in [-0.2, -0.15) is 5.10 Å². The summed E-state index contributed by atoms with van der Waals surface area (Å²) in [6.07, 6.45) is 5.25. The quantitative estimate of drug-likeness (QED) is 0.581. The third kappa shape index (κ3) is 4.96. The summed E-state index contributed by atoms with van der Waals surface area (Å²) in [4.78, 5) is 24.5. The summed E-state index contributed by atoms with van der Waals surface area (Å²) in [6.45, 7) is 1.85. The van der Waals surface area contributed by atoms with E-state index >= 15 is 0 Å². The highest BCUT2D eigenvalue weighted by Gasteiger charge is 2.23. The smallest absolute Gasteiger partial charge is 0.251 e. The zero-order valence-corrected chi connectivity index (χ0v) is 17.2. The number of halogens is 1. The molecule has 4 rings (SSSR count). The maximum atomic E-state index is 12.4. The first-order valence-corrected chi connectivity index (χ1v) is 10.1. The largest absolute Gasteiger partial charge is 0.349 e. The first-order valence-electron chi connectivity index (χ1n) is 9.70. The van der Waals surface area contributed by atoms with Crippen molar-refractivity contribution in [2.75, 3.05) is 5.32 Å². The molecule has 0 saturated heterocycles. The number of carbonyl (C=O) groups excluding carboxylic acids is 2. The number of aromatic nitrogens is 2. The Morgan fingerprint density at radius 3 is 2.60 bits per heavy atom. The predicted octanol–water partition coefficient (Wildman–Crippen LogP) is 4.38. The topological polar surface area (TPSA) is 76.0 Å². The van der Waals surface area contributed by atoms with E-state index in [0.717, 1.165) is 29.8 Å². The second kappa shape index (κ2) is 8.55. The normalized spacial score (nSPS) is 13.4. The molecule has 0 atom stereocenters. The molecular formula is C23H21ClN4O2. The lowest BCUT2D eigenvalue weighted by Crippen LogP contribution is -2.25. The van der Waals surface area contributed by atoms with Crippen molar-refractivity contribution in [1.82, 2.24) is 15.1 Å². The van der Waals surface area contributed by atoms with E-state index in [2.05, 4.69) is 15.7 Å². The number of aryl methyl sites for hydroxylation is 1. The van der Waals surface area contributed by atoms with Crippen molar-refractivity contribution in [3.63, 3.8) is 0 Å². The number of hydrogen-bond donors (Lipinski definition) is 2. The average molecular weight is 421 g/mol. The summed E-state index contributed by atoms with van der Waals surface area (Å²) in [6, 6.07) is 16.5. The Labute approximate surface area is 179 Å². The molecule has 2 amide bonds. The van der Waals surface area contributed by atoms with Crippen LogP contribution in [-0.4, -0.2) is 27.6 Å². The minimum absolute atomic E-state index is 0.0598. The van der Waals surface area contributed by atoms with E-state index in [1.807, 2.05) is 31.2 Å². The molecule has 152 valence electrons. The third-order valence-electron chi connectivity index (χ3n) is 4.65. The second-order valence-corrected chi connectivity index (χ2v) is 7.69. The van der Waals surface area contributed by atoms with E-state index in [9.17, 15) is 9.59 Å². The minimum Gasteiger partial charge on any atom is -0.349 e. The molecule has 6 nitrogen and oxygen atoms in total. The van der Waals surface area contributed by atoms with Crippen LogP contribution in [0.1, 0.15) is 34.5 Å². The standard InChI is InChI=1S/C23H21ClN4O2/c1-15-13-21(28(27-15)20-4-2-3-18(24)14-20)26-22(29)12-7-16-5-8-17(9-6-16)23(30)25-19-10-11-19/h2-9,12-14,19H,10-11H2,1H3,(H,25,30)(H,26,29)/b12-7+. The highest BCUT2D eigenvalue weighted by atomic mass is 35.5. The van der Waals surface area contributed by atoms with Crippen LogP contribution in [0.2, 0.25) is 5.02 Å². The molecular weight excluding hydrogens is 400 g/mol. The SMILES string of the molecule is Cc1cc(NC(=O)/C=C/c2ccc(C(=O)NC3CC3)cc2)n(-c2cccc(Cl)c2)n1. The Hall–Kier alpha value is -3.38. The van der Waals surface area contributed by atoms with E-state index in [1.165, 1.54) is 6.08 Å². The third-order valence-corrected chi connectivity index (χ3v) is 4.88. The molecule has 1 aliphatic carbocycles. The summed E-state index contributed by atoms with van der Waals surface area (Å²) in [5, 5.41) is 10.8. The molecule has 2 aromatic carbocycles. The Kier molecular flexibility index (Phi) is 5.68. The number of anilines is 1. The zero-order valence-electron chi connectivity index (χ0n) is 16.4. The molecule has 0 radical (unpaired) electrons. The molecule has 1 aliphatic rings. The predicted molar refractivity (Wildman–Crippen MR) is 118 cm³/mol. The molecule has 2 N–H and O–H groups in total. The molecule has 1 saturated carbocycles. The van der Waals surface area contributed by atoms with Gasteiger partial charge in [0.2, 0.25) is 5.91 Å². The van der Waals surface area contributed by atoms with Gasteiger partial charge in [0.15, 0.2) is 0 Å². The Morgan fingerprint density at radius 2 is 1.90 bits per heavy atom. The zero-order chi connectivity index (χ0) is 21.1. The van der Waals surface area contributed by atoms with Gasteiger partial charge < -0.3 is 10.6 Å². The maximum Gasteiger partial charge on any atom is 0.251 e. The molecule has 3 aromatic rings. The van der Waals surface area contributed by atoms with E-state index in [-0.39, 0.29) is 11.8 Å². The molecule has 0 spiro atoms. The minimum atomic E-state index is -0.284. The summed E-state index contributed by atoms with van der Waals surface area (Å²) >= 11 is 6.07. The number of benzene rings is 2. The van der Waals surface area contributed by atoms with Gasteiger partial charge in [0.1, 0.15) is 5.82 Å². The first-order chi connectivity index (χ1) is 14.5. The molecule has 30 heavy (non-hydrogen) atoms. The van der Waals surface area contributed by atoms with Crippen molar-refractivity contribution in [1.29, 1.82) is 0 Å². The monoisotopic (exact) mass is 420 g/mol. The van der Waals surface area contributed by atoms with Gasteiger partial charge in [-0.25, -0.2) is 4.68 Å². The summed E-state index contributed by atoms with van der Waals surface area (Å²) in [5.41, 5.74) is 2.97. The van der Waals surface area contributed by atoms with Crippen molar-refractivity contribution >= 4 is 35.3 Å². The van der Waals surface area contributed by atoms with Crippen LogP contribution in [0.25, 0.3) is 11.8 Å². The first kappa shape index (κ1) is 19.9. The highest BCUT2D eigenvalue weighted by molar-refractivity contribution is 6.30. The number of carbonyl (C=O) groups is 2. The van der Waals surface area contributed by atoms with Gasteiger partial charge in [-0.05, 0) is 61.7 Å². The molecule has 0 bridgehead atoms. The fraction of sp³-hybridized carbons (Fsp3) is 0.174. The fourth-order valence-electron chi connectivity index (χ4n) is 2.98. The lowest BCUT2D eigenvalue weighted by Gasteiger charge is -2.08. The highest BCUT2D eigenvalue weighted by Crippen LogP contribution is 2.21. The number of rotatable bonds is 6. The van der Waals surface area contributed by atoms with Gasteiger partial charge >= 0.3 is 0 Å². The lowest BCUT2D eigenvalue weighted by molar-refractivity contribution is -0.111. The van der Waals surface area contributed by atoms with E-state index in [0.29, 0.717) is 22.4 Å². The summed E-state index contributed by atoms with van der Waals surface area (Å²) in [5.74, 6) is 0.209. The number of hydrogen-bond acceptors (Lipinski definition) is 3. The maximum absolute atomic E-state index is 12.4. The average Bonchev–Trinajstić information content (AvgIpc) is 3.47. The fourth-order valence-corrected chi connectivity index (χ4v) is 3.16. The van der Waals surface area contributed by atoms with Crippen LogP contribution in [0.5, 0.6) is 0 Å². The lowest BCUT2D eigenvalue weighted by atomic mass is 10.1. The molecule has 1 aromatic heterocycles. The summed E-state index contributed by atoms with van der Waals surface area (Å²) < 4.78 is 1.64. The molecule has 7 heteroatoms.